The zero-order valence-electron chi connectivity index (χ0n) is 13.3. The van der Waals surface area contributed by atoms with Gasteiger partial charge in [-0.3, -0.25) is 4.79 Å². The summed E-state index contributed by atoms with van der Waals surface area (Å²) < 4.78 is 19.0. The van der Waals surface area contributed by atoms with Crippen LogP contribution in [0.4, 0.5) is 4.39 Å². The first-order chi connectivity index (χ1) is 11.1. The van der Waals surface area contributed by atoms with E-state index in [1.54, 1.807) is 12.1 Å². The Bertz CT molecular complexity index is 683. The lowest BCUT2D eigenvalue weighted by Crippen LogP contribution is -2.30. The van der Waals surface area contributed by atoms with Crippen molar-refractivity contribution in [3.8, 4) is 0 Å². The van der Waals surface area contributed by atoms with Gasteiger partial charge in [0, 0.05) is 19.9 Å². The summed E-state index contributed by atoms with van der Waals surface area (Å²) in [6, 6.07) is 8.73. The lowest BCUT2D eigenvalue weighted by Gasteiger charge is -2.22. The third-order valence-electron chi connectivity index (χ3n) is 4.38. The number of carbonyl (C=O) groups is 1. The minimum Gasteiger partial charge on any atom is -0.332 e. The van der Waals surface area contributed by atoms with Crippen LogP contribution in [-0.2, 0) is 11.2 Å². The Morgan fingerprint density at radius 3 is 3.00 bits per heavy atom. The van der Waals surface area contributed by atoms with Gasteiger partial charge in [-0.2, -0.15) is 0 Å². The fourth-order valence-electron chi connectivity index (χ4n) is 3.21. The minimum absolute atomic E-state index is 0.0286. The molecule has 1 N–H and O–H groups in total. The minimum atomic E-state index is -0.194. The summed E-state index contributed by atoms with van der Waals surface area (Å²) in [7, 11) is 0. The average Bonchev–Trinajstić information content (AvgIpc) is 3.17. The quantitative estimate of drug-likeness (QED) is 0.850. The molecule has 4 nitrogen and oxygen atoms in total. The number of amides is 1. The second-order valence-corrected chi connectivity index (χ2v) is 6.12. The molecular formula is C18H22FN2O2+. The lowest BCUT2D eigenvalue weighted by atomic mass is 10.1. The van der Waals surface area contributed by atoms with Crippen LogP contribution in [0.25, 0.3) is 0 Å². The van der Waals surface area contributed by atoms with E-state index in [4.69, 9.17) is 4.52 Å². The van der Waals surface area contributed by atoms with Crippen LogP contribution in [0, 0.1) is 12.7 Å². The molecule has 1 aliphatic rings. The first kappa shape index (κ1) is 15.7. The number of aryl methyl sites for hydroxylation is 2. The molecule has 2 heterocycles. The van der Waals surface area contributed by atoms with Crippen molar-refractivity contribution < 1.29 is 18.9 Å². The van der Waals surface area contributed by atoms with Crippen molar-refractivity contribution >= 4 is 5.91 Å². The molecule has 1 fully saturated rings. The number of nitrogens with one attached hydrogen (secondary N) is 1. The first-order valence-electron chi connectivity index (χ1n) is 8.16. The van der Waals surface area contributed by atoms with E-state index in [2.05, 4.69) is 5.16 Å². The number of aromatic nitrogens is 1. The fraction of sp³-hybridized carbons (Fsp3) is 0.444. The number of rotatable bonds is 5. The van der Waals surface area contributed by atoms with Crippen LogP contribution in [0.5, 0.6) is 0 Å². The number of nitrogens with zero attached hydrogens (tertiary/aromatic N) is 1. The monoisotopic (exact) mass is 317 g/mol. The van der Waals surface area contributed by atoms with Crippen molar-refractivity contribution in [2.24, 2.45) is 0 Å². The molecule has 0 saturated carbocycles. The molecule has 0 bridgehead atoms. The summed E-state index contributed by atoms with van der Waals surface area (Å²) in [5.74, 6) is 0.751. The molecule has 1 aromatic heterocycles. The summed E-state index contributed by atoms with van der Waals surface area (Å²) in [6.45, 7) is 2.70. The van der Waals surface area contributed by atoms with E-state index in [0.29, 0.717) is 24.8 Å². The van der Waals surface area contributed by atoms with E-state index in [1.807, 2.05) is 24.0 Å². The molecule has 3 rings (SSSR count). The van der Waals surface area contributed by atoms with Crippen LogP contribution >= 0.6 is 0 Å². The van der Waals surface area contributed by atoms with Gasteiger partial charge in [0.15, 0.2) is 0 Å². The zero-order chi connectivity index (χ0) is 16.2. The van der Waals surface area contributed by atoms with Crippen molar-refractivity contribution in [2.45, 2.75) is 45.1 Å². The highest BCUT2D eigenvalue weighted by atomic mass is 19.1. The predicted molar refractivity (Wildman–Crippen MR) is 83.0 cm³/mol. The van der Waals surface area contributed by atoms with E-state index in [-0.39, 0.29) is 17.8 Å². The number of hydrogen-bond donors (Lipinski definition) is 0. The molecule has 1 atom stereocenters. The molecule has 122 valence electrons. The van der Waals surface area contributed by atoms with Gasteiger partial charge in [0.25, 0.3) is 0 Å². The standard InChI is InChI=1S/C18H21FN2O2/c1-13-12-17(23-20-13)16-9-5-11-21(16)18(22)10-4-7-14-6-2-3-8-15(14)19/h2-3,6,8,12,16H,4-5,7,9-11H2,1H3/p+1. The molecule has 5 heteroatoms. The normalized spacial score (nSPS) is 17.7. The number of H-pyrrole nitrogens is 1. The topological polar surface area (TPSA) is 47.6 Å². The first-order valence-corrected chi connectivity index (χ1v) is 8.16. The van der Waals surface area contributed by atoms with Gasteiger partial charge in [0.1, 0.15) is 5.82 Å². The third-order valence-corrected chi connectivity index (χ3v) is 4.38. The Morgan fingerprint density at radius 2 is 2.26 bits per heavy atom. The smallest absolute Gasteiger partial charge is 0.226 e. The highest BCUT2D eigenvalue weighted by molar-refractivity contribution is 5.77. The van der Waals surface area contributed by atoms with Gasteiger partial charge in [0.05, 0.1) is 12.1 Å². The lowest BCUT2D eigenvalue weighted by molar-refractivity contribution is -0.616. The molecule has 1 saturated heterocycles. The van der Waals surface area contributed by atoms with Gasteiger partial charge >= 0.3 is 0 Å². The van der Waals surface area contributed by atoms with Crippen molar-refractivity contribution in [1.82, 2.24) is 4.90 Å². The number of benzene rings is 1. The number of carbonyl (C=O) groups excluding carboxylic acids is 1. The van der Waals surface area contributed by atoms with Crippen molar-refractivity contribution in [3.63, 3.8) is 0 Å². The van der Waals surface area contributed by atoms with E-state index >= 15 is 0 Å². The van der Waals surface area contributed by atoms with Gasteiger partial charge in [-0.25, -0.2) is 8.91 Å². The number of likely N-dealkylation sites (tertiary alicyclic amines) is 1. The summed E-state index contributed by atoms with van der Waals surface area (Å²) in [5, 5.41) is 2.82. The molecule has 0 radical (unpaired) electrons. The number of halogens is 1. The Hall–Kier alpha value is -2.17. The fourth-order valence-corrected chi connectivity index (χ4v) is 3.21. The van der Waals surface area contributed by atoms with Crippen molar-refractivity contribution in [3.05, 3.63) is 53.2 Å². The maximum Gasteiger partial charge on any atom is 0.226 e. The molecule has 1 amide bonds. The largest absolute Gasteiger partial charge is 0.332 e. The van der Waals surface area contributed by atoms with Gasteiger partial charge in [0.2, 0.25) is 17.4 Å². The Balaban J connectivity index is 1.56. The Labute approximate surface area is 135 Å². The maximum atomic E-state index is 13.6. The van der Waals surface area contributed by atoms with Gasteiger partial charge in [-0.05, 0) is 42.5 Å². The Kier molecular flexibility index (Phi) is 4.74. The number of hydrogen-bond acceptors (Lipinski definition) is 2. The maximum absolute atomic E-state index is 13.6. The van der Waals surface area contributed by atoms with E-state index < -0.39 is 0 Å². The summed E-state index contributed by atoms with van der Waals surface area (Å²) in [4.78, 5) is 14.4. The number of aromatic amines is 1. The van der Waals surface area contributed by atoms with Crippen LogP contribution in [0.3, 0.4) is 0 Å². The molecule has 1 aromatic carbocycles. The molecule has 2 aromatic rings. The van der Waals surface area contributed by atoms with Gasteiger partial charge < -0.3 is 4.90 Å². The predicted octanol–water partition coefficient (Wildman–Crippen LogP) is 3.23. The second kappa shape index (κ2) is 6.94. The van der Waals surface area contributed by atoms with Crippen LogP contribution in [-0.4, -0.2) is 17.4 Å². The SMILES string of the molecule is Cc1cc(C2CCCN2C(=O)CCCc2ccccc2F)o[nH+]1. The molecule has 0 aliphatic carbocycles. The molecule has 0 spiro atoms. The summed E-state index contributed by atoms with van der Waals surface area (Å²) in [5.41, 5.74) is 1.63. The second-order valence-electron chi connectivity index (χ2n) is 6.12. The third kappa shape index (κ3) is 3.60. The van der Waals surface area contributed by atoms with Gasteiger partial charge in [-0.1, -0.05) is 18.2 Å². The molecular weight excluding hydrogens is 295 g/mol. The summed E-state index contributed by atoms with van der Waals surface area (Å²) >= 11 is 0. The molecule has 23 heavy (non-hydrogen) atoms. The zero-order valence-corrected chi connectivity index (χ0v) is 13.3. The van der Waals surface area contributed by atoms with Crippen LogP contribution < -0.4 is 5.16 Å². The average molecular weight is 317 g/mol. The van der Waals surface area contributed by atoms with Crippen LogP contribution in [0.2, 0.25) is 0 Å². The Morgan fingerprint density at radius 1 is 1.43 bits per heavy atom. The highest BCUT2D eigenvalue weighted by Gasteiger charge is 2.33. The van der Waals surface area contributed by atoms with E-state index in [0.717, 1.165) is 30.8 Å². The van der Waals surface area contributed by atoms with E-state index in [1.165, 1.54) is 6.07 Å². The van der Waals surface area contributed by atoms with Gasteiger partial charge in [-0.15, -0.1) is 0 Å². The summed E-state index contributed by atoms with van der Waals surface area (Å²) in [6.07, 6.45) is 3.61. The molecule has 1 unspecified atom stereocenters. The van der Waals surface area contributed by atoms with Crippen molar-refractivity contribution in [1.29, 1.82) is 0 Å². The van der Waals surface area contributed by atoms with Crippen molar-refractivity contribution in [2.75, 3.05) is 6.54 Å². The van der Waals surface area contributed by atoms with Crippen LogP contribution in [0.1, 0.15) is 48.7 Å². The van der Waals surface area contributed by atoms with Crippen LogP contribution in [0.15, 0.2) is 34.9 Å². The highest BCUT2D eigenvalue weighted by Crippen LogP contribution is 2.32. The van der Waals surface area contributed by atoms with E-state index in [9.17, 15) is 9.18 Å². The molecule has 1 aliphatic heterocycles.